The molecule has 3 aromatic heterocycles. The van der Waals surface area contributed by atoms with Crippen LogP contribution < -0.4 is 0 Å². The third-order valence-corrected chi connectivity index (χ3v) is 19.6. The second kappa shape index (κ2) is 11.8. The highest BCUT2D eigenvalue weighted by Gasteiger charge is 2.74. The van der Waals surface area contributed by atoms with Gasteiger partial charge in [0.25, 0.3) is 10.0 Å². The van der Waals surface area contributed by atoms with Crippen molar-refractivity contribution in [2.24, 2.45) is 33.5 Å². The van der Waals surface area contributed by atoms with E-state index in [1.54, 1.807) is 44.5 Å². The van der Waals surface area contributed by atoms with Crippen LogP contribution in [0, 0.1) is 33.5 Å². The molecule has 8 atom stereocenters. The smallest absolute Gasteiger partial charge is 0.252 e. The lowest BCUT2D eigenvalue weighted by molar-refractivity contribution is -0.173. The summed E-state index contributed by atoms with van der Waals surface area (Å²) >= 11 is 4.38. The summed E-state index contributed by atoms with van der Waals surface area (Å²) in [7, 11) is -3.85. The molecule has 8 unspecified atom stereocenters. The van der Waals surface area contributed by atoms with E-state index in [0.29, 0.717) is 29.9 Å². The Balaban J connectivity index is 1.14. The van der Waals surface area contributed by atoms with Gasteiger partial charge in [0.1, 0.15) is 4.21 Å². The van der Waals surface area contributed by atoms with Gasteiger partial charge in [0.2, 0.25) is 0 Å². The molecule has 2 N–H and O–H groups in total. The van der Waals surface area contributed by atoms with Crippen LogP contribution in [0.4, 0.5) is 0 Å². The van der Waals surface area contributed by atoms with Gasteiger partial charge in [0.05, 0.1) is 16.6 Å². The first kappa shape index (κ1) is 34.3. The van der Waals surface area contributed by atoms with E-state index >= 15 is 4.79 Å². The van der Waals surface area contributed by atoms with Gasteiger partial charge in [0.15, 0.2) is 5.78 Å². The number of benzene rings is 1. The number of allylic oxidation sites excluding steroid dienone is 4. The molecule has 10 rings (SSSR count). The van der Waals surface area contributed by atoms with Crippen LogP contribution in [0.25, 0.3) is 10.1 Å². The quantitative estimate of drug-likeness (QED) is 0.132. The third kappa shape index (κ3) is 4.79. The van der Waals surface area contributed by atoms with E-state index in [2.05, 4.69) is 44.2 Å². The van der Waals surface area contributed by atoms with Crippen molar-refractivity contribution in [3.8, 4) is 0 Å². The minimum atomic E-state index is -3.85. The lowest BCUT2D eigenvalue weighted by Gasteiger charge is -2.71. The number of sulfonamides is 1. The Hall–Kier alpha value is -2.44. The molecule has 1 aromatic carbocycles. The van der Waals surface area contributed by atoms with Crippen molar-refractivity contribution in [1.82, 2.24) is 4.31 Å². The standard InChI is InChI=1S/C41H45NO5S4/c1-37-15-11-28(43)24-39(37)18-19-41(30(25-39)36(44)32-23-27-7-3-4-9-31(27)50-32)33(37)12-16-38(2)34(41)13-17-40(38,45)26-42(20-14-29-8-5-21-48-29)51(46,47)35-10-6-22-49-35/h3-10,18-19,21-23,25,28,33-34,43,45H,11-17,20,24,26H2,1-2H3. The first-order valence-electron chi connectivity index (χ1n) is 18.3. The molecule has 268 valence electrons. The topological polar surface area (TPSA) is 94.9 Å². The maximum Gasteiger partial charge on any atom is 0.252 e. The summed E-state index contributed by atoms with van der Waals surface area (Å²) in [5.41, 5.74) is -2.24. The molecular weight excluding hydrogens is 715 g/mol. The first-order chi connectivity index (χ1) is 24.4. The van der Waals surface area contributed by atoms with Crippen LogP contribution in [0.3, 0.4) is 0 Å². The molecule has 6 nitrogen and oxygen atoms in total. The second-order valence-electron chi connectivity index (χ2n) is 16.4. The van der Waals surface area contributed by atoms with Gasteiger partial charge in [-0.2, -0.15) is 4.31 Å². The van der Waals surface area contributed by atoms with Gasteiger partial charge < -0.3 is 10.2 Å². The van der Waals surface area contributed by atoms with Gasteiger partial charge >= 0.3 is 0 Å². The number of aliphatic hydroxyl groups is 2. The number of carbonyl (C=O) groups excluding carboxylic acids is 1. The molecule has 6 aliphatic carbocycles. The maximum atomic E-state index is 15.1. The highest BCUT2D eigenvalue weighted by Crippen LogP contribution is 2.78. The molecule has 3 fully saturated rings. The van der Waals surface area contributed by atoms with E-state index in [1.165, 1.54) is 11.3 Å². The van der Waals surface area contributed by atoms with Crippen molar-refractivity contribution in [3.63, 3.8) is 0 Å². The predicted octanol–water partition coefficient (Wildman–Crippen LogP) is 8.73. The summed E-state index contributed by atoms with van der Waals surface area (Å²) in [5.74, 6) is 0.177. The molecule has 2 bridgehead atoms. The van der Waals surface area contributed by atoms with E-state index in [0.717, 1.165) is 51.1 Å². The number of hydrogen-bond donors (Lipinski definition) is 2. The van der Waals surface area contributed by atoms with Gasteiger partial charge in [-0.3, -0.25) is 4.79 Å². The maximum absolute atomic E-state index is 15.1. The molecule has 4 aromatic rings. The van der Waals surface area contributed by atoms with Crippen LogP contribution in [0.1, 0.15) is 73.3 Å². The van der Waals surface area contributed by atoms with Crippen LogP contribution in [-0.4, -0.2) is 53.5 Å². The predicted molar refractivity (Wildman–Crippen MR) is 206 cm³/mol. The van der Waals surface area contributed by atoms with E-state index < -0.39 is 38.0 Å². The number of fused-ring (bicyclic) bond motifs is 2. The number of Topliss-reactive ketones (excluding diaryl/α,β-unsaturated/α-hetero) is 1. The summed E-state index contributed by atoms with van der Waals surface area (Å²) in [5, 5.41) is 29.0. The fourth-order valence-electron chi connectivity index (χ4n) is 11.6. The third-order valence-electron chi connectivity index (χ3n) is 14.3. The van der Waals surface area contributed by atoms with Crippen molar-refractivity contribution >= 4 is 59.9 Å². The van der Waals surface area contributed by atoms with Crippen molar-refractivity contribution in [2.75, 3.05) is 13.1 Å². The summed E-state index contributed by atoms with van der Waals surface area (Å²) in [6.45, 7) is 4.88. The second-order valence-corrected chi connectivity index (χ2v) is 21.6. The molecule has 3 heterocycles. The fraction of sp³-hybridized carbons (Fsp3) is 0.488. The molecule has 10 heteroatoms. The van der Waals surface area contributed by atoms with Gasteiger partial charge in [-0.1, -0.05) is 62.4 Å². The highest BCUT2D eigenvalue weighted by molar-refractivity contribution is 7.91. The highest BCUT2D eigenvalue weighted by atomic mass is 32.2. The molecule has 51 heavy (non-hydrogen) atoms. The molecular formula is C41H45NO5S4. The first-order valence-corrected chi connectivity index (χ1v) is 22.3. The molecule has 0 radical (unpaired) electrons. The fourth-order valence-corrected chi connectivity index (χ4v) is 16.0. The summed E-state index contributed by atoms with van der Waals surface area (Å²) in [6, 6.07) is 17.6. The van der Waals surface area contributed by atoms with Crippen LogP contribution in [0.5, 0.6) is 0 Å². The summed E-state index contributed by atoms with van der Waals surface area (Å²) < 4.78 is 31.4. The van der Waals surface area contributed by atoms with Crippen LogP contribution in [0.2, 0.25) is 0 Å². The van der Waals surface area contributed by atoms with E-state index in [4.69, 9.17) is 0 Å². The molecule has 0 amide bonds. The van der Waals surface area contributed by atoms with Gasteiger partial charge in [-0.25, -0.2) is 8.42 Å². The Morgan fingerprint density at radius 1 is 0.922 bits per heavy atom. The normalized spacial score (nSPS) is 37.0. The van der Waals surface area contributed by atoms with Crippen LogP contribution >= 0.6 is 34.0 Å². The SMILES string of the molecule is CC12CCC(O)CC13C=CC1(C(C(=O)c4cc5ccccc5s4)=C3)C2CCC2(C)C1CCC2(O)CN(CCc1cccs1)S(=O)(=O)c1cccs1. The molecule has 2 spiro atoms. The van der Waals surface area contributed by atoms with E-state index in [9.17, 15) is 18.6 Å². The van der Waals surface area contributed by atoms with Gasteiger partial charge in [-0.05, 0) is 109 Å². The Labute approximate surface area is 312 Å². The van der Waals surface area contributed by atoms with Crippen LogP contribution in [-0.2, 0) is 16.4 Å². The van der Waals surface area contributed by atoms with E-state index in [1.807, 2.05) is 35.7 Å². The Morgan fingerprint density at radius 3 is 2.43 bits per heavy atom. The van der Waals surface area contributed by atoms with Crippen molar-refractivity contribution < 1.29 is 23.4 Å². The molecule has 0 saturated heterocycles. The van der Waals surface area contributed by atoms with Crippen LogP contribution in [0.15, 0.2) is 93.4 Å². The largest absolute Gasteiger partial charge is 0.393 e. The zero-order valence-corrected chi connectivity index (χ0v) is 32.4. The van der Waals surface area contributed by atoms with Gasteiger partial charge in [-0.15, -0.1) is 34.0 Å². The Morgan fingerprint density at radius 2 is 1.67 bits per heavy atom. The van der Waals surface area contributed by atoms with Gasteiger partial charge in [0, 0.05) is 44.5 Å². The number of carbonyl (C=O) groups is 1. The number of hydrogen-bond acceptors (Lipinski definition) is 8. The summed E-state index contributed by atoms with van der Waals surface area (Å²) in [6.07, 6.45) is 12.1. The average molecular weight is 760 g/mol. The van der Waals surface area contributed by atoms with E-state index in [-0.39, 0.29) is 36.1 Å². The van der Waals surface area contributed by atoms with Crippen molar-refractivity contribution in [1.29, 1.82) is 0 Å². The number of aliphatic hydroxyl groups excluding tert-OH is 1. The number of rotatable bonds is 9. The van der Waals surface area contributed by atoms with Crippen molar-refractivity contribution in [2.45, 2.75) is 81.1 Å². The summed E-state index contributed by atoms with van der Waals surface area (Å²) in [4.78, 5) is 16.9. The zero-order chi connectivity index (χ0) is 35.4. The average Bonchev–Trinajstić information content (AvgIpc) is 3.94. The lowest BCUT2D eigenvalue weighted by Crippen LogP contribution is -2.67. The lowest BCUT2D eigenvalue weighted by atomic mass is 9.32. The van der Waals surface area contributed by atoms with Crippen molar-refractivity contribution in [3.05, 3.63) is 98.9 Å². The molecule has 3 saturated carbocycles. The zero-order valence-electron chi connectivity index (χ0n) is 29.1. The minimum Gasteiger partial charge on any atom is -0.393 e. The minimum absolute atomic E-state index is 0.0206. The monoisotopic (exact) mass is 759 g/mol. The Bertz CT molecular complexity index is 2140. The Kier molecular flexibility index (Phi) is 7.93. The molecule has 6 aliphatic rings. The molecule has 0 aliphatic heterocycles. The number of thiophene rings is 3. The number of nitrogens with zero attached hydrogens (tertiary/aromatic N) is 1. The number of ketones is 1.